The average molecular weight is 489 g/mol. The molecule has 0 aliphatic heterocycles. The minimum absolute atomic E-state index is 0.0374. The van der Waals surface area contributed by atoms with E-state index >= 15 is 0 Å². The van der Waals surface area contributed by atoms with Crippen LogP contribution in [-0.4, -0.2) is 25.4 Å². The van der Waals surface area contributed by atoms with Gasteiger partial charge in [0.1, 0.15) is 29.1 Å². The minimum Gasteiger partial charge on any atom is -0.382 e. The number of rotatable bonds is 5. The fourth-order valence-electron chi connectivity index (χ4n) is 3.94. The van der Waals surface area contributed by atoms with E-state index in [9.17, 15) is 14.9 Å². The van der Waals surface area contributed by atoms with E-state index in [0.29, 0.717) is 28.4 Å². The molecule has 35 heavy (non-hydrogen) atoms. The number of halogens is 1. The first-order valence-corrected chi connectivity index (χ1v) is 10.9. The summed E-state index contributed by atoms with van der Waals surface area (Å²) in [5, 5.41) is 13.2. The van der Waals surface area contributed by atoms with E-state index in [1.165, 1.54) is 4.57 Å². The lowest BCUT2D eigenvalue weighted by atomic mass is 10.1. The first-order chi connectivity index (χ1) is 16.6. The van der Waals surface area contributed by atoms with Gasteiger partial charge in [0.15, 0.2) is 5.82 Å². The Hall–Kier alpha value is -4.49. The maximum Gasteiger partial charge on any atom is 0.267 e. The summed E-state index contributed by atoms with van der Waals surface area (Å²) in [6.45, 7) is 5.11. The number of benzene rings is 2. The number of primary amides is 1. The Kier molecular flexibility index (Phi) is 6.11. The number of aryl methyl sites for hydroxylation is 1. The highest BCUT2D eigenvalue weighted by Crippen LogP contribution is 2.28. The van der Waals surface area contributed by atoms with E-state index in [4.69, 9.17) is 28.1 Å². The lowest BCUT2D eigenvalue weighted by Crippen LogP contribution is -2.29. The van der Waals surface area contributed by atoms with E-state index in [1.807, 2.05) is 6.07 Å². The predicted octanol–water partition coefficient (Wildman–Crippen LogP) is 3.17. The average Bonchev–Trinajstić information content (AvgIpc) is 2.79. The van der Waals surface area contributed by atoms with Gasteiger partial charge in [0.25, 0.3) is 5.56 Å². The summed E-state index contributed by atoms with van der Waals surface area (Å²) in [5.74, 6) is 0.294. The topological polar surface area (TPSA) is 166 Å². The number of carbonyl (C=O) groups is 1. The van der Waals surface area contributed by atoms with E-state index in [0.717, 1.165) is 0 Å². The van der Waals surface area contributed by atoms with E-state index in [2.05, 4.69) is 15.3 Å². The molecular formula is C24H21ClN8O2. The van der Waals surface area contributed by atoms with Gasteiger partial charge in [0.05, 0.1) is 27.7 Å². The number of nitrogens with zero attached hydrogens (tertiary/aromatic N) is 5. The molecule has 0 unspecified atom stereocenters. The molecule has 4 aromatic rings. The van der Waals surface area contributed by atoms with Crippen molar-refractivity contribution in [3.8, 4) is 11.8 Å². The molecule has 2 heterocycles. The molecule has 0 saturated heterocycles. The van der Waals surface area contributed by atoms with Gasteiger partial charge < -0.3 is 16.8 Å². The van der Waals surface area contributed by atoms with Crippen molar-refractivity contribution in [2.45, 2.75) is 26.8 Å². The van der Waals surface area contributed by atoms with Gasteiger partial charge in [-0.05, 0) is 50.6 Å². The third-order valence-corrected chi connectivity index (χ3v) is 5.90. The van der Waals surface area contributed by atoms with Crippen LogP contribution in [0.2, 0.25) is 5.02 Å². The van der Waals surface area contributed by atoms with Crippen molar-refractivity contribution in [3.63, 3.8) is 0 Å². The number of nitrogen functional groups attached to an aromatic ring is 1. The van der Waals surface area contributed by atoms with Crippen LogP contribution in [0.5, 0.6) is 0 Å². The fourth-order valence-corrected chi connectivity index (χ4v) is 4.19. The Morgan fingerprint density at radius 3 is 2.57 bits per heavy atom. The highest BCUT2D eigenvalue weighted by atomic mass is 35.5. The molecule has 0 aliphatic rings. The van der Waals surface area contributed by atoms with Gasteiger partial charge in [-0.15, -0.1) is 0 Å². The van der Waals surface area contributed by atoms with Gasteiger partial charge in [0, 0.05) is 5.56 Å². The first kappa shape index (κ1) is 23.7. The zero-order chi connectivity index (χ0) is 25.4. The van der Waals surface area contributed by atoms with Crippen molar-refractivity contribution in [2.24, 2.45) is 5.73 Å². The molecule has 176 valence electrons. The molecule has 10 nitrogen and oxygen atoms in total. The third kappa shape index (κ3) is 4.13. The van der Waals surface area contributed by atoms with Crippen LogP contribution in [0.15, 0.2) is 41.2 Å². The number of carbonyl (C=O) groups excluding carboxylic acids is 1. The van der Waals surface area contributed by atoms with Crippen LogP contribution in [0.1, 0.15) is 46.1 Å². The summed E-state index contributed by atoms with van der Waals surface area (Å²) in [4.78, 5) is 38.8. The molecule has 1 atom stereocenters. The highest BCUT2D eigenvalue weighted by molar-refractivity contribution is 6.35. The summed E-state index contributed by atoms with van der Waals surface area (Å²) in [5.41, 5.74) is 12.7. The molecule has 2 aromatic carbocycles. The summed E-state index contributed by atoms with van der Waals surface area (Å²) in [6.07, 6.45) is 0. The second-order valence-electron chi connectivity index (χ2n) is 7.92. The molecule has 0 bridgehead atoms. The number of hydrogen-bond acceptors (Lipinski definition) is 8. The normalized spacial score (nSPS) is 11.7. The lowest BCUT2D eigenvalue weighted by Gasteiger charge is -2.22. The van der Waals surface area contributed by atoms with E-state index in [-0.39, 0.29) is 33.2 Å². The van der Waals surface area contributed by atoms with Crippen molar-refractivity contribution < 1.29 is 4.79 Å². The van der Waals surface area contributed by atoms with Gasteiger partial charge in [-0.25, -0.2) is 15.0 Å². The zero-order valence-corrected chi connectivity index (χ0v) is 19.9. The monoisotopic (exact) mass is 488 g/mol. The Balaban J connectivity index is 2.01. The summed E-state index contributed by atoms with van der Waals surface area (Å²) in [6, 6.07) is 11.3. The summed E-state index contributed by atoms with van der Waals surface area (Å²) >= 11 is 6.37. The standard InChI is InChI=1S/C24H21ClN8O2/c1-11-14(21(28)34)6-4-9-18(11)33-23(32-17-8-5-7-16(25)19(17)24(33)35)12(2)29-22-15(10-26)20(27)30-13(3)31-22/h4-9,12H,1-3H3,(H2,28,34)(H3,27,29,30,31)/t12-/m0/s1. The number of aromatic nitrogens is 4. The van der Waals surface area contributed by atoms with Gasteiger partial charge in [-0.1, -0.05) is 23.7 Å². The van der Waals surface area contributed by atoms with Gasteiger partial charge in [-0.3, -0.25) is 14.2 Å². The fraction of sp³-hybridized carbons (Fsp3) is 0.167. The van der Waals surface area contributed by atoms with Gasteiger partial charge >= 0.3 is 0 Å². The van der Waals surface area contributed by atoms with Gasteiger partial charge in [0.2, 0.25) is 5.91 Å². The Morgan fingerprint density at radius 2 is 1.89 bits per heavy atom. The number of fused-ring (bicyclic) bond motifs is 1. The molecule has 0 fully saturated rings. The number of nitriles is 1. The van der Waals surface area contributed by atoms with Crippen molar-refractivity contribution in [1.29, 1.82) is 5.26 Å². The largest absolute Gasteiger partial charge is 0.382 e. The second kappa shape index (κ2) is 9.04. The van der Waals surface area contributed by atoms with Gasteiger partial charge in [-0.2, -0.15) is 5.26 Å². The van der Waals surface area contributed by atoms with Crippen molar-refractivity contribution in [3.05, 3.63) is 80.1 Å². The van der Waals surface area contributed by atoms with E-state index in [1.54, 1.807) is 57.2 Å². The highest BCUT2D eigenvalue weighted by Gasteiger charge is 2.23. The molecule has 11 heteroatoms. The van der Waals surface area contributed by atoms with E-state index < -0.39 is 17.5 Å². The number of nitrogens with one attached hydrogen (secondary N) is 1. The van der Waals surface area contributed by atoms with Crippen LogP contribution in [-0.2, 0) is 0 Å². The van der Waals surface area contributed by atoms with Crippen molar-refractivity contribution >= 4 is 40.0 Å². The molecule has 0 aliphatic carbocycles. The molecule has 4 rings (SSSR count). The first-order valence-electron chi connectivity index (χ1n) is 10.6. The number of anilines is 2. The molecule has 1 amide bonds. The van der Waals surface area contributed by atoms with Crippen LogP contribution in [0.25, 0.3) is 16.6 Å². The smallest absolute Gasteiger partial charge is 0.267 e. The summed E-state index contributed by atoms with van der Waals surface area (Å²) in [7, 11) is 0. The molecule has 0 saturated carbocycles. The van der Waals surface area contributed by atoms with Crippen LogP contribution in [0.4, 0.5) is 11.6 Å². The maximum atomic E-state index is 13.8. The Labute approximate surface area is 205 Å². The Bertz CT molecular complexity index is 1610. The third-order valence-electron chi connectivity index (χ3n) is 5.59. The quantitative estimate of drug-likeness (QED) is 0.385. The molecule has 2 aromatic heterocycles. The van der Waals surface area contributed by atoms with Crippen molar-refractivity contribution in [1.82, 2.24) is 19.5 Å². The number of hydrogen-bond donors (Lipinski definition) is 3. The SMILES string of the molecule is Cc1nc(N)c(C#N)c(N[C@@H](C)c2nc3cccc(Cl)c3c(=O)n2-c2cccc(C(N)=O)c2C)n1. The van der Waals surface area contributed by atoms with Crippen LogP contribution in [0.3, 0.4) is 0 Å². The molecule has 0 radical (unpaired) electrons. The predicted molar refractivity (Wildman–Crippen MR) is 134 cm³/mol. The zero-order valence-electron chi connectivity index (χ0n) is 19.1. The maximum absolute atomic E-state index is 13.8. The second-order valence-corrected chi connectivity index (χ2v) is 8.32. The number of amides is 1. The van der Waals surface area contributed by atoms with Crippen LogP contribution in [0, 0.1) is 25.2 Å². The van der Waals surface area contributed by atoms with Crippen LogP contribution < -0.4 is 22.3 Å². The minimum atomic E-state index is -0.636. The Morgan fingerprint density at radius 1 is 1.17 bits per heavy atom. The van der Waals surface area contributed by atoms with Crippen LogP contribution >= 0.6 is 11.6 Å². The lowest BCUT2D eigenvalue weighted by molar-refractivity contribution is 0.0999. The molecular weight excluding hydrogens is 468 g/mol. The molecule has 5 N–H and O–H groups in total. The number of nitrogens with two attached hydrogens (primary N) is 2. The summed E-state index contributed by atoms with van der Waals surface area (Å²) < 4.78 is 1.39. The molecule has 0 spiro atoms. The van der Waals surface area contributed by atoms with Crippen molar-refractivity contribution in [2.75, 3.05) is 11.1 Å².